The van der Waals surface area contributed by atoms with Crippen LogP contribution in [-0.4, -0.2) is 30.9 Å². The number of fused-ring (bicyclic) bond motifs is 1. The Morgan fingerprint density at radius 3 is 2.68 bits per heavy atom. The second-order valence-corrected chi connectivity index (χ2v) is 9.60. The molecule has 0 atom stereocenters. The molecule has 7 nitrogen and oxygen atoms in total. The number of thioether (sulfide) groups is 2. The summed E-state index contributed by atoms with van der Waals surface area (Å²) in [6.45, 7) is 6.84. The van der Waals surface area contributed by atoms with Gasteiger partial charge in [-0.15, -0.1) is 11.8 Å². The molecule has 4 rings (SSSR count). The molecule has 0 bridgehead atoms. The SMILES string of the molecule is CSc1ccc(-c2noc(CSc3nc4cc(C)[nH]c4c(=O)n3CCC(C)C)n2)cc1. The predicted molar refractivity (Wildman–Crippen MR) is 126 cm³/mol. The van der Waals surface area contributed by atoms with E-state index in [0.717, 1.165) is 17.7 Å². The van der Waals surface area contributed by atoms with Crippen molar-refractivity contribution in [3.8, 4) is 11.4 Å². The zero-order valence-electron chi connectivity index (χ0n) is 18.0. The molecule has 0 unspecified atom stereocenters. The van der Waals surface area contributed by atoms with Gasteiger partial charge in [-0.25, -0.2) is 4.98 Å². The van der Waals surface area contributed by atoms with E-state index in [1.54, 1.807) is 16.3 Å². The van der Waals surface area contributed by atoms with Crippen molar-refractivity contribution in [2.45, 2.75) is 49.5 Å². The Morgan fingerprint density at radius 2 is 1.97 bits per heavy atom. The summed E-state index contributed by atoms with van der Waals surface area (Å²) < 4.78 is 7.20. The Labute approximate surface area is 189 Å². The normalized spacial score (nSPS) is 11.6. The minimum Gasteiger partial charge on any atom is -0.353 e. The Morgan fingerprint density at radius 1 is 1.19 bits per heavy atom. The van der Waals surface area contributed by atoms with Gasteiger partial charge in [0.2, 0.25) is 11.7 Å². The van der Waals surface area contributed by atoms with Gasteiger partial charge in [-0.1, -0.05) is 30.8 Å². The van der Waals surface area contributed by atoms with Crippen LogP contribution < -0.4 is 5.56 Å². The first-order chi connectivity index (χ1) is 14.9. The van der Waals surface area contributed by atoms with Crippen molar-refractivity contribution < 1.29 is 4.52 Å². The fraction of sp³-hybridized carbons (Fsp3) is 0.364. The lowest BCUT2D eigenvalue weighted by Crippen LogP contribution is -2.24. The highest BCUT2D eigenvalue weighted by Crippen LogP contribution is 2.25. The van der Waals surface area contributed by atoms with Crippen molar-refractivity contribution in [2.24, 2.45) is 5.92 Å². The summed E-state index contributed by atoms with van der Waals surface area (Å²) in [6, 6.07) is 9.95. The van der Waals surface area contributed by atoms with Crippen LogP contribution in [-0.2, 0) is 12.3 Å². The van der Waals surface area contributed by atoms with Gasteiger partial charge in [0.25, 0.3) is 5.56 Å². The van der Waals surface area contributed by atoms with Gasteiger partial charge in [0.05, 0.1) is 11.3 Å². The highest BCUT2D eigenvalue weighted by Gasteiger charge is 2.16. The number of benzene rings is 1. The van der Waals surface area contributed by atoms with Crippen molar-refractivity contribution >= 4 is 34.6 Å². The topological polar surface area (TPSA) is 89.6 Å². The molecule has 1 N–H and O–H groups in total. The fourth-order valence-corrected chi connectivity index (χ4v) is 4.47. The summed E-state index contributed by atoms with van der Waals surface area (Å²) in [4.78, 5) is 26.6. The van der Waals surface area contributed by atoms with Crippen molar-refractivity contribution in [3.05, 3.63) is 52.3 Å². The van der Waals surface area contributed by atoms with E-state index in [0.29, 0.717) is 46.1 Å². The van der Waals surface area contributed by atoms with Gasteiger partial charge in [0.15, 0.2) is 5.16 Å². The zero-order chi connectivity index (χ0) is 22.0. The van der Waals surface area contributed by atoms with Gasteiger partial charge >= 0.3 is 0 Å². The first-order valence-corrected chi connectivity index (χ1v) is 12.4. The maximum Gasteiger partial charge on any atom is 0.278 e. The molecular formula is C22H25N5O2S2. The van der Waals surface area contributed by atoms with E-state index >= 15 is 0 Å². The number of nitrogens with zero attached hydrogens (tertiary/aromatic N) is 4. The molecule has 0 saturated carbocycles. The lowest BCUT2D eigenvalue weighted by Gasteiger charge is -2.12. The van der Waals surface area contributed by atoms with Crippen LogP contribution in [0, 0.1) is 12.8 Å². The average molecular weight is 456 g/mol. The Kier molecular flexibility index (Phi) is 6.52. The molecular weight excluding hydrogens is 430 g/mol. The van der Waals surface area contributed by atoms with Crippen LogP contribution in [0.15, 0.2) is 49.7 Å². The number of aryl methyl sites for hydroxylation is 1. The molecule has 0 spiro atoms. The molecule has 1 aromatic carbocycles. The van der Waals surface area contributed by atoms with E-state index in [-0.39, 0.29) is 5.56 Å². The van der Waals surface area contributed by atoms with E-state index in [9.17, 15) is 4.79 Å². The molecule has 3 heterocycles. The average Bonchev–Trinajstić information content (AvgIpc) is 3.38. The maximum absolute atomic E-state index is 13.1. The van der Waals surface area contributed by atoms with Crippen LogP contribution in [0.2, 0.25) is 0 Å². The van der Waals surface area contributed by atoms with Crippen LogP contribution in [0.25, 0.3) is 22.4 Å². The smallest absolute Gasteiger partial charge is 0.278 e. The zero-order valence-corrected chi connectivity index (χ0v) is 19.6. The quantitative estimate of drug-likeness (QED) is 0.290. The molecule has 0 aliphatic heterocycles. The molecule has 0 saturated heterocycles. The Bertz CT molecular complexity index is 1240. The lowest BCUT2D eigenvalue weighted by molar-refractivity contribution is 0.391. The van der Waals surface area contributed by atoms with Gasteiger partial charge in [0, 0.05) is 22.7 Å². The Balaban J connectivity index is 1.57. The third-order valence-electron chi connectivity index (χ3n) is 4.91. The number of rotatable bonds is 8. The van der Waals surface area contributed by atoms with Crippen molar-refractivity contribution in [3.63, 3.8) is 0 Å². The minimum absolute atomic E-state index is 0.0404. The monoisotopic (exact) mass is 455 g/mol. The molecule has 0 radical (unpaired) electrons. The summed E-state index contributed by atoms with van der Waals surface area (Å²) in [5, 5.41) is 4.77. The third-order valence-corrected chi connectivity index (χ3v) is 6.61. The molecule has 0 amide bonds. The number of aromatic amines is 1. The second-order valence-electron chi connectivity index (χ2n) is 7.78. The van der Waals surface area contributed by atoms with E-state index in [1.807, 2.05) is 43.5 Å². The van der Waals surface area contributed by atoms with Crippen molar-refractivity contribution in [1.82, 2.24) is 24.7 Å². The molecule has 0 aliphatic carbocycles. The molecule has 9 heteroatoms. The predicted octanol–water partition coefficient (Wildman–Crippen LogP) is 5.14. The Hall–Kier alpha value is -2.52. The summed E-state index contributed by atoms with van der Waals surface area (Å²) in [6.07, 6.45) is 2.94. The molecule has 31 heavy (non-hydrogen) atoms. The third kappa shape index (κ3) is 4.88. The van der Waals surface area contributed by atoms with Crippen LogP contribution in [0.3, 0.4) is 0 Å². The van der Waals surface area contributed by atoms with Crippen molar-refractivity contribution in [1.29, 1.82) is 0 Å². The van der Waals surface area contributed by atoms with Crippen LogP contribution in [0.4, 0.5) is 0 Å². The summed E-state index contributed by atoms with van der Waals surface area (Å²) in [7, 11) is 0. The number of hydrogen-bond acceptors (Lipinski definition) is 7. The minimum atomic E-state index is -0.0404. The first kappa shape index (κ1) is 21.7. The standard InChI is InChI=1S/C22H25N5O2S2/c1-13(2)9-10-27-21(28)19-17(11-14(3)23-19)24-22(27)31-12-18-25-20(26-29-18)15-5-7-16(30-4)8-6-15/h5-8,11,13,23H,9-10,12H2,1-4H3. The molecule has 0 aliphatic rings. The second kappa shape index (κ2) is 9.32. The highest BCUT2D eigenvalue weighted by molar-refractivity contribution is 7.98. The van der Waals surface area contributed by atoms with Crippen LogP contribution in [0.1, 0.15) is 31.9 Å². The van der Waals surface area contributed by atoms with Crippen LogP contribution >= 0.6 is 23.5 Å². The van der Waals surface area contributed by atoms with E-state index in [4.69, 9.17) is 9.51 Å². The summed E-state index contributed by atoms with van der Waals surface area (Å²) in [5.41, 5.74) is 3.03. The fourth-order valence-electron chi connectivity index (χ4n) is 3.20. The summed E-state index contributed by atoms with van der Waals surface area (Å²) >= 11 is 3.13. The van der Waals surface area contributed by atoms with Gasteiger partial charge in [-0.05, 0) is 55.9 Å². The maximum atomic E-state index is 13.1. The van der Waals surface area contributed by atoms with Gasteiger partial charge < -0.3 is 9.51 Å². The van der Waals surface area contributed by atoms with Gasteiger partial charge in [-0.3, -0.25) is 9.36 Å². The molecule has 4 aromatic rings. The van der Waals surface area contributed by atoms with E-state index in [1.165, 1.54) is 16.7 Å². The largest absolute Gasteiger partial charge is 0.353 e. The van der Waals surface area contributed by atoms with Gasteiger partial charge in [-0.2, -0.15) is 4.98 Å². The van der Waals surface area contributed by atoms with E-state index < -0.39 is 0 Å². The van der Waals surface area contributed by atoms with Crippen molar-refractivity contribution in [2.75, 3.05) is 6.26 Å². The molecule has 162 valence electrons. The summed E-state index contributed by atoms with van der Waals surface area (Å²) in [5.74, 6) is 2.00. The number of hydrogen-bond donors (Lipinski definition) is 1. The lowest BCUT2D eigenvalue weighted by atomic mass is 10.1. The first-order valence-electron chi connectivity index (χ1n) is 10.1. The number of H-pyrrole nitrogens is 1. The number of aromatic nitrogens is 5. The molecule has 0 fully saturated rings. The molecule has 3 aromatic heterocycles. The van der Waals surface area contributed by atoms with E-state index in [2.05, 4.69) is 29.0 Å². The number of nitrogens with one attached hydrogen (secondary N) is 1. The highest BCUT2D eigenvalue weighted by atomic mass is 32.2. The van der Waals surface area contributed by atoms with Gasteiger partial charge in [0.1, 0.15) is 5.52 Å². The van der Waals surface area contributed by atoms with Crippen LogP contribution in [0.5, 0.6) is 0 Å².